The first kappa shape index (κ1) is 22.4. The van der Waals surface area contributed by atoms with Gasteiger partial charge in [-0.05, 0) is 13.3 Å². The van der Waals surface area contributed by atoms with Crippen LogP contribution < -0.4 is 11.2 Å². The first-order valence-electron chi connectivity index (χ1n) is 10.2. The lowest BCUT2D eigenvalue weighted by molar-refractivity contribution is -0.150. The smallest absolute Gasteiger partial charge is 0.330 e. The number of ether oxygens (including phenoxy) is 2. The molecule has 0 spiro atoms. The van der Waals surface area contributed by atoms with E-state index in [2.05, 4.69) is 11.9 Å². The van der Waals surface area contributed by atoms with Crippen LogP contribution in [0.5, 0.6) is 0 Å². The number of aromatic amines is 1. The molecule has 1 saturated heterocycles. The molecule has 1 aromatic heterocycles. The zero-order valence-electron chi connectivity index (χ0n) is 16.8. The first-order chi connectivity index (χ1) is 13.4. The average Bonchev–Trinajstić information content (AvgIpc) is 3.02. The Kier molecular flexibility index (Phi) is 8.92. The summed E-state index contributed by atoms with van der Waals surface area (Å²) in [6, 6.07) is 0. The van der Waals surface area contributed by atoms with Gasteiger partial charge in [0.05, 0.1) is 6.10 Å². The molecular formula is C20H32N2O6. The number of rotatable bonds is 11. The molecule has 2 heterocycles. The van der Waals surface area contributed by atoms with Crippen LogP contribution in [0.15, 0.2) is 15.8 Å². The number of aliphatic hydroxyl groups excluding tert-OH is 1. The van der Waals surface area contributed by atoms with Gasteiger partial charge in [-0.3, -0.25) is 19.1 Å². The quantitative estimate of drug-likeness (QED) is 0.438. The maximum absolute atomic E-state index is 11.9. The lowest BCUT2D eigenvalue weighted by atomic mass is 10.1. The SMILES string of the molecule is CCCCCCCCCC(=O)OC[C@H]1O[C@@H](n2cc(C)c(=O)[nH]c2=O)C[C@@H]1O. The average molecular weight is 396 g/mol. The number of esters is 1. The molecule has 0 aliphatic carbocycles. The number of hydrogen-bond acceptors (Lipinski definition) is 6. The molecule has 2 rings (SSSR count). The number of carbonyl (C=O) groups is 1. The lowest BCUT2D eigenvalue weighted by Gasteiger charge is -2.16. The van der Waals surface area contributed by atoms with Gasteiger partial charge in [-0.25, -0.2) is 4.79 Å². The Balaban J connectivity index is 1.72. The molecule has 8 heteroatoms. The largest absolute Gasteiger partial charge is 0.463 e. The minimum Gasteiger partial charge on any atom is -0.463 e. The fourth-order valence-corrected chi connectivity index (χ4v) is 3.31. The van der Waals surface area contributed by atoms with Crippen LogP contribution in [0.3, 0.4) is 0 Å². The maximum Gasteiger partial charge on any atom is 0.330 e. The summed E-state index contributed by atoms with van der Waals surface area (Å²) in [5.41, 5.74) is -0.665. The van der Waals surface area contributed by atoms with Crippen LogP contribution >= 0.6 is 0 Å². The van der Waals surface area contributed by atoms with E-state index in [1.54, 1.807) is 6.92 Å². The van der Waals surface area contributed by atoms with Crippen LogP contribution in [-0.2, 0) is 14.3 Å². The Morgan fingerprint density at radius 2 is 1.93 bits per heavy atom. The van der Waals surface area contributed by atoms with Crippen molar-refractivity contribution in [3.05, 3.63) is 32.6 Å². The number of nitrogens with zero attached hydrogens (tertiary/aromatic N) is 1. The van der Waals surface area contributed by atoms with Crippen LogP contribution in [0.2, 0.25) is 0 Å². The van der Waals surface area contributed by atoms with Crippen molar-refractivity contribution in [1.82, 2.24) is 9.55 Å². The van der Waals surface area contributed by atoms with E-state index in [0.29, 0.717) is 12.0 Å². The monoisotopic (exact) mass is 396 g/mol. The minimum atomic E-state index is -0.851. The fourth-order valence-electron chi connectivity index (χ4n) is 3.31. The highest BCUT2D eigenvalue weighted by molar-refractivity contribution is 5.69. The van der Waals surface area contributed by atoms with Crippen molar-refractivity contribution >= 4 is 5.97 Å². The zero-order chi connectivity index (χ0) is 20.5. The number of hydrogen-bond donors (Lipinski definition) is 2. The lowest BCUT2D eigenvalue weighted by Crippen LogP contribution is -2.33. The third-order valence-electron chi connectivity index (χ3n) is 5.05. The maximum atomic E-state index is 11.9. The Hall–Kier alpha value is -1.93. The van der Waals surface area contributed by atoms with Crippen molar-refractivity contribution in [1.29, 1.82) is 0 Å². The zero-order valence-corrected chi connectivity index (χ0v) is 16.8. The summed E-state index contributed by atoms with van der Waals surface area (Å²) >= 11 is 0. The first-order valence-corrected chi connectivity index (χ1v) is 10.2. The van der Waals surface area contributed by atoms with Crippen LogP contribution in [0.1, 0.15) is 76.5 Å². The van der Waals surface area contributed by atoms with E-state index in [9.17, 15) is 19.5 Å². The Bertz CT molecular complexity index is 741. The van der Waals surface area contributed by atoms with Gasteiger partial charge in [0.2, 0.25) is 0 Å². The van der Waals surface area contributed by atoms with Gasteiger partial charge < -0.3 is 14.6 Å². The second-order valence-corrected chi connectivity index (χ2v) is 7.47. The van der Waals surface area contributed by atoms with Gasteiger partial charge in [0.15, 0.2) is 0 Å². The third-order valence-corrected chi connectivity index (χ3v) is 5.05. The van der Waals surface area contributed by atoms with Crippen molar-refractivity contribution in [2.45, 2.75) is 90.1 Å². The summed E-state index contributed by atoms with van der Waals surface area (Å²) in [6.07, 6.45) is 7.58. The number of aromatic nitrogens is 2. The minimum absolute atomic E-state index is 0.0515. The van der Waals surface area contributed by atoms with E-state index in [1.165, 1.54) is 36.4 Å². The van der Waals surface area contributed by atoms with E-state index in [4.69, 9.17) is 9.47 Å². The topological polar surface area (TPSA) is 111 Å². The van der Waals surface area contributed by atoms with Gasteiger partial charge in [-0.1, -0.05) is 45.4 Å². The van der Waals surface area contributed by atoms with Gasteiger partial charge in [-0.15, -0.1) is 0 Å². The molecule has 3 atom stereocenters. The summed E-state index contributed by atoms with van der Waals surface area (Å²) in [6.45, 7) is 3.72. The van der Waals surface area contributed by atoms with Crippen molar-refractivity contribution in [3.63, 3.8) is 0 Å². The van der Waals surface area contributed by atoms with Gasteiger partial charge >= 0.3 is 11.7 Å². The Morgan fingerprint density at radius 3 is 2.64 bits per heavy atom. The number of nitrogens with one attached hydrogen (secondary N) is 1. The van der Waals surface area contributed by atoms with E-state index in [-0.39, 0.29) is 19.0 Å². The summed E-state index contributed by atoms with van der Waals surface area (Å²) in [7, 11) is 0. The number of carbonyl (C=O) groups excluding carboxylic acids is 1. The molecule has 1 aliphatic rings. The van der Waals surface area contributed by atoms with E-state index in [1.807, 2.05) is 0 Å². The van der Waals surface area contributed by atoms with Crippen molar-refractivity contribution in [2.24, 2.45) is 0 Å². The fraction of sp³-hybridized carbons (Fsp3) is 0.750. The van der Waals surface area contributed by atoms with Crippen molar-refractivity contribution in [2.75, 3.05) is 6.61 Å². The van der Waals surface area contributed by atoms with Gasteiger partial charge in [0.25, 0.3) is 5.56 Å². The Morgan fingerprint density at radius 1 is 1.25 bits per heavy atom. The highest BCUT2D eigenvalue weighted by Gasteiger charge is 2.36. The standard InChI is InChI=1S/C20H32N2O6/c1-3-4-5-6-7-8-9-10-18(24)27-13-16-15(23)11-17(28-16)22-12-14(2)19(25)21-20(22)26/h12,15-17,23H,3-11,13H2,1-2H3,(H,21,25,26)/t15-,16+,17+/m0/s1. The van der Waals surface area contributed by atoms with Gasteiger partial charge in [-0.2, -0.15) is 0 Å². The number of unbranched alkanes of at least 4 members (excludes halogenated alkanes) is 6. The van der Waals surface area contributed by atoms with Crippen LogP contribution in [0.25, 0.3) is 0 Å². The van der Waals surface area contributed by atoms with E-state index >= 15 is 0 Å². The normalized spacial score (nSPS) is 21.8. The summed E-state index contributed by atoms with van der Waals surface area (Å²) in [4.78, 5) is 37.5. The molecule has 0 unspecified atom stereocenters. The molecular weight excluding hydrogens is 364 g/mol. The number of aryl methyl sites for hydroxylation is 1. The molecule has 1 fully saturated rings. The molecule has 0 aromatic carbocycles. The van der Waals surface area contributed by atoms with Crippen molar-refractivity contribution in [3.8, 4) is 0 Å². The third kappa shape index (κ3) is 6.60. The number of H-pyrrole nitrogens is 1. The predicted molar refractivity (Wildman–Crippen MR) is 104 cm³/mol. The molecule has 158 valence electrons. The molecule has 28 heavy (non-hydrogen) atoms. The summed E-state index contributed by atoms with van der Waals surface area (Å²) in [5.74, 6) is -0.301. The van der Waals surface area contributed by atoms with Crippen LogP contribution in [-0.4, -0.2) is 39.4 Å². The second kappa shape index (κ2) is 11.2. The second-order valence-electron chi connectivity index (χ2n) is 7.47. The molecule has 0 saturated carbocycles. The predicted octanol–water partition coefficient (Wildman–Crippen LogP) is 2.18. The van der Waals surface area contributed by atoms with Crippen LogP contribution in [0.4, 0.5) is 0 Å². The highest BCUT2D eigenvalue weighted by atomic mass is 16.6. The molecule has 8 nitrogen and oxygen atoms in total. The van der Waals surface area contributed by atoms with Crippen LogP contribution in [0, 0.1) is 6.92 Å². The highest BCUT2D eigenvalue weighted by Crippen LogP contribution is 2.27. The van der Waals surface area contributed by atoms with E-state index in [0.717, 1.165) is 19.3 Å². The molecule has 0 amide bonds. The van der Waals surface area contributed by atoms with Gasteiger partial charge in [0, 0.05) is 24.6 Å². The summed E-state index contributed by atoms with van der Waals surface area (Å²) in [5, 5.41) is 10.2. The molecule has 1 aromatic rings. The van der Waals surface area contributed by atoms with Crippen molar-refractivity contribution < 1.29 is 19.4 Å². The Labute approximate surface area is 164 Å². The van der Waals surface area contributed by atoms with E-state index < -0.39 is 29.7 Å². The summed E-state index contributed by atoms with van der Waals surface area (Å²) < 4.78 is 12.2. The molecule has 2 N–H and O–H groups in total. The van der Waals surface area contributed by atoms with Gasteiger partial charge in [0.1, 0.15) is 18.9 Å². The molecule has 1 aliphatic heterocycles. The number of aliphatic hydroxyl groups is 1. The molecule has 0 bridgehead atoms. The molecule has 0 radical (unpaired) electrons.